The standard InChI is InChI=1S/C9H13BrN2O/c1-12(13-2)6-7-8(10)4-3-5-9(7)11/h3-5H,6,11H2,1-2H3. The lowest BCUT2D eigenvalue weighted by Gasteiger charge is -2.15. The van der Waals surface area contributed by atoms with E-state index in [0.29, 0.717) is 6.54 Å². The zero-order valence-electron chi connectivity index (χ0n) is 7.75. The Morgan fingerprint density at radius 3 is 2.77 bits per heavy atom. The lowest BCUT2D eigenvalue weighted by molar-refractivity contribution is -0.116. The average molecular weight is 245 g/mol. The molecule has 1 rings (SSSR count). The maximum Gasteiger partial charge on any atom is 0.0575 e. The fraction of sp³-hybridized carbons (Fsp3) is 0.333. The van der Waals surface area contributed by atoms with Crippen LogP contribution in [0.5, 0.6) is 0 Å². The van der Waals surface area contributed by atoms with E-state index >= 15 is 0 Å². The molecule has 0 aliphatic heterocycles. The van der Waals surface area contributed by atoms with Crippen molar-refractivity contribution in [3.8, 4) is 0 Å². The first-order valence-corrected chi connectivity index (χ1v) is 4.72. The van der Waals surface area contributed by atoms with Crippen LogP contribution in [0, 0.1) is 0 Å². The first-order valence-electron chi connectivity index (χ1n) is 3.93. The van der Waals surface area contributed by atoms with E-state index in [9.17, 15) is 0 Å². The van der Waals surface area contributed by atoms with E-state index < -0.39 is 0 Å². The monoisotopic (exact) mass is 244 g/mol. The van der Waals surface area contributed by atoms with Crippen molar-refractivity contribution < 1.29 is 4.84 Å². The van der Waals surface area contributed by atoms with Gasteiger partial charge in [-0.3, -0.25) is 0 Å². The fourth-order valence-electron chi connectivity index (χ4n) is 1.03. The summed E-state index contributed by atoms with van der Waals surface area (Å²) in [5.74, 6) is 0. The van der Waals surface area contributed by atoms with E-state index in [-0.39, 0.29) is 0 Å². The van der Waals surface area contributed by atoms with Crippen molar-refractivity contribution in [1.82, 2.24) is 5.06 Å². The lowest BCUT2D eigenvalue weighted by Crippen LogP contribution is -2.17. The van der Waals surface area contributed by atoms with Crippen LogP contribution in [-0.4, -0.2) is 19.2 Å². The van der Waals surface area contributed by atoms with Gasteiger partial charge in [-0.05, 0) is 12.1 Å². The molecule has 2 N–H and O–H groups in total. The second-order valence-corrected chi connectivity index (χ2v) is 3.63. The zero-order valence-corrected chi connectivity index (χ0v) is 9.34. The Morgan fingerprint density at radius 2 is 2.23 bits per heavy atom. The maximum absolute atomic E-state index is 5.81. The van der Waals surface area contributed by atoms with Crippen LogP contribution in [0.25, 0.3) is 0 Å². The Bertz CT molecular complexity index is 271. The molecule has 0 heterocycles. The summed E-state index contributed by atoms with van der Waals surface area (Å²) in [6.45, 7) is 0.670. The number of rotatable bonds is 3. The van der Waals surface area contributed by atoms with Crippen LogP contribution in [0.1, 0.15) is 5.56 Å². The molecule has 3 nitrogen and oxygen atoms in total. The fourth-order valence-corrected chi connectivity index (χ4v) is 1.54. The molecule has 0 spiro atoms. The molecule has 0 amide bonds. The Kier molecular flexibility index (Phi) is 3.71. The van der Waals surface area contributed by atoms with E-state index in [4.69, 9.17) is 10.6 Å². The quantitative estimate of drug-likeness (QED) is 0.654. The summed E-state index contributed by atoms with van der Waals surface area (Å²) in [5.41, 5.74) is 7.64. The molecular formula is C9H13BrN2O. The zero-order chi connectivity index (χ0) is 9.84. The molecular weight excluding hydrogens is 232 g/mol. The highest BCUT2D eigenvalue weighted by molar-refractivity contribution is 9.10. The highest BCUT2D eigenvalue weighted by Crippen LogP contribution is 2.23. The predicted octanol–water partition coefficient (Wildman–Crippen LogP) is 2.02. The van der Waals surface area contributed by atoms with E-state index in [1.807, 2.05) is 25.2 Å². The van der Waals surface area contributed by atoms with Gasteiger partial charge in [-0.15, -0.1) is 0 Å². The van der Waals surface area contributed by atoms with Gasteiger partial charge < -0.3 is 10.6 Å². The molecule has 72 valence electrons. The number of benzene rings is 1. The number of nitrogens with two attached hydrogens (primary N) is 1. The van der Waals surface area contributed by atoms with Gasteiger partial charge in [-0.25, -0.2) is 0 Å². The molecule has 1 aromatic carbocycles. The van der Waals surface area contributed by atoms with Gasteiger partial charge in [0.05, 0.1) is 13.7 Å². The first-order chi connectivity index (χ1) is 6.15. The summed E-state index contributed by atoms with van der Waals surface area (Å²) in [4.78, 5) is 5.02. The number of nitrogens with zero attached hydrogens (tertiary/aromatic N) is 1. The van der Waals surface area contributed by atoms with Crippen LogP contribution in [0.15, 0.2) is 22.7 Å². The highest BCUT2D eigenvalue weighted by Gasteiger charge is 2.06. The molecule has 0 radical (unpaired) electrons. The predicted molar refractivity (Wildman–Crippen MR) is 57.0 cm³/mol. The minimum absolute atomic E-state index is 0.670. The number of halogens is 1. The van der Waals surface area contributed by atoms with Gasteiger partial charge in [0.1, 0.15) is 0 Å². The maximum atomic E-state index is 5.81. The van der Waals surface area contributed by atoms with Crippen molar-refractivity contribution in [3.63, 3.8) is 0 Å². The second-order valence-electron chi connectivity index (χ2n) is 2.78. The van der Waals surface area contributed by atoms with Gasteiger partial charge in [-0.1, -0.05) is 22.0 Å². The molecule has 4 heteroatoms. The van der Waals surface area contributed by atoms with E-state index in [2.05, 4.69) is 15.9 Å². The summed E-state index contributed by atoms with van der Waals surface area (Å²) in [6.07, 6.45) is 0. The van der Waals surface area contributed by atoms with Crippen LogP contribution in [0.3, 0.4) is 0 Å². The SMILES string of the molecule is CON(C)Cc1c(N)cccc1Br. The van der Waals surface area contributed by atoms with Crippen LogP contribution in [0.4, 0.5) is 5.69 Å². The Balaban J connectivity index is 2.87. The molecule has 0 atom stereocenters. The van der Waals surface area contributed by atoms with Crippen LogP contribution >= 0.6 is 15.9 Å². The number of hydrogen-bond acceptors (Lipinski definition) is 3. The third-order valence-corrected chi connectivity index (χ3v) is 2.59. The molecule has 1 aromatic rings. The Morgan fingerprint density at radius 1 is 1.54 bits per heavy atom. The molecule has 0 saturated carbocycles. The van der Waals surface area contributed by atoms with Gasteiger partial charge in [-0.2, -0.15) is 5.06 Å². The Labute approximate surface area is 86.6 Å². The van der Waals surface area contributed by atoms with E-state index in [0.717, 1.165) is 15.7 Å². The minimum Gasteiger partial charge on any atom is -0.398 e. The molecule has 0 aliphatic rings. The molecule has 0 aromatic heterocycles. The first kappa shape index (κ1) is 10.5. The van der Waals surface area contributed by atoms with E-state index in [1.165, 1.54) is 0 Å². The van der Waals surface area contributed by atoms with Crippen molar-refractivity contribution in [2.24, 2.45) is 0 Å². The Hall–Kier alpha value is -0.580. The number of anilines is 1. The summed E-state index contributed by atoms with van der Waals surface area (Å²) in [6, 6.07) is 5.76. The minimum atomic E-state index is 0.670. The number of hydroxylamine groups is 2. The van der Waals surface area contributed by atoms with Gasteiger partial charge in [0.15, 0.2) is 0 Å². The smallest absolute Gasteiger partial charge is 0.0575 e. The summed E-state index contributed by atoms with van der Waals surface area (Å²) in [7, 11) is 3.49. The van der Waals surface area contributed by atoms with Gasteiger partial charge in [0, 0.05) is 22.8 Å². The topological polar surface area (TPSA) is 38.5 Å². The normalized spacial score (nSPS) is 10.8. The molecule has 0 saturated heterocycles. The lowest BCUT2D eigenvalue weighted by atomic mass is 10.2. The molecule has 0 fully saturated rings. The molecule has 13 heavy (non-hydrogen) atoms. The van der Waals surface area contributed by atoms with Gasteiger partial charge >= 0.3 is 0 Å². The van der Waals surface area contributed by atoms with Crippen molar-refractivity contribution in [2.45, 2.75) is 6.54 Å². The largest absolute Gasteiger partial charge is 0.398 e. The van der Waals surface area contributed by atoms with Crippen molar-refractivity contribution in [1.29, 1.82) is 0 Å². The van der Waals surface area contributed by atoms with E-state index in [1.54, 1.807) is 12.2 Å². The summed E-state index contributed by atoms with van der Waals surface area (Å²) < 4.78 is 1.01. The second kappa shape index (κ2) is 4.60. The summed E-state index contributed by atoms with van der Waals surface area (Å²) >= 11 is 3.44. The molecule has 0 bridgehead atoms. The highest BCUT2D eigenvalue weighted by atomic mass is 79.9. The van der Waals surface area contributed by atoms with Crippen LogP contribution in [0.2, 0.25) is 0 Å². The third-order valence-electron chi connectivity index (χ3n) is 1.85. The molecule has 0 unspecified atom stereocenters. The van der Waals surface area contributed by atoms with Crippen LogP contribution < -0.4 is 5.73 Å². The van der Waals surface area contributed by atoms with Crippen molar-refractivity contribution in [2.75, 3.05) is 19.9 Å². The van der Waals surface area contributed by atoms with Crippen molar-refractivity contribution >= 4 is 21.6 Å². The van der Waals surface area contributed by atoms with Crippen LogP contribution in [-0.2, 0) is 11.4 Å². The number of nitrogen functional groups attached to an aromatic ring is 1. The molecule has 0 aliphatic carbocycles. The van der Waals surface area contributed by atoms with Gasteiger partial charge in [0.2, 0.25) is 0 Å². The third kappa shape index (κ3) is 2.69. The average Bonchev–Trinajstić information content (AvgIpc) is 2.11. The summed E-state index contributed by atoms with van der Waals surface area (Å²) in [5, 5.41) is 1.72. The van der Waals surface area contributed by atoms with Crippen molar-refractivity contribution in [3.05, 3.63) is 28.2 Å². The number of hydrogen-bond donors (Lipinski definition) is 1. The van der Waals surface area contributed by atoms with Gasteiger partial charge in [0.25, 0.3) is 0 Å².